The van der Waals surface area contributed by atoms with Gasteiger partial charge in [0.25, 0.3) is 5.91 Å². The van der Waals surface area contributed by atoms with Gasteiger partial charge in [0, 0.05) is 18.2 Å². The van der Waals surface area contributed by atoms with Gasteiger partial charge < -0.3 is 20.1 Å². The van der Waals surface area contributed by atoms with Crippen LogP contribution in [0.15, 0.2) is 42.5 Å². The Hall–Kier alpha value is -3.02. The predicted molar refractivity (Wildman–Crippen MR) is 102 cm³/mol. The largest absolute Gasteiger partial charge is 0.495 e. The van der Waals surface area contributed by atoms with Crippen LogP contribution >= 0.6 is 0 Å². The zero-order chi connectivity index (χ0) is 19.1. The van der Waals surface area contributed by atoms with E-state index in [-0.39, 0.29) is 11.8 Å². The number of carbonyl (C=O) groups excluding carboxylic acids is 2. The summed E-state index contributed by atoms with van der Waals surface area (Å²) in [5.41, 5.74) is 1.53. The van der Waals surface area contributed by atoms with Crippen molar-refractivity contribution >= 4 is 23.2 Å². The molecule has 2 N–H and O–H groups in total. The fraction of sp³-hybridized carbons (Fsp3) is 0.300. The maximum Gasteiger partial charge on any atom is 0.255 e. The van der Waals surface area contributed by atoms with Gasteiger partial charge in [-0.15, -0.1) is 0 Å². The van der Waals surface area contributed by atoms with Crippen LogP contribution in [0.3, 0.4) is 0 Å². The number of ether oxygens (including phenoxy) is 2. The Bertz CT molecular complexity index is 787. The monoisotopic (exact) mass is 356 g/mol. The highest BCUT2D eigenvalue weighted by atomic mass is 16.5. The van der Waals surface area contributed by atoms with Gasteiger partial charge in [0.2, 0.25) is 5.91 Å². The van der Waals surface area contributed by atoms with Crippen molar-refractivity contribution in [2.45, 2.75) is 20.8 Å². The second kappa shape index (κ2) is 8.89. The average molecular weight is 356 g/mol. The van der Waals surface area contributed by atoms with E-state index in [0.717, 1.165) is 0 Å². The standard InChI is InChI=1S/C20H24N2O4/c1-13(2)12-26-17-7-5-6-15(10-17)20(24)22-16-8-9-19(25-4)18(11-16)21-14(3)23/h5-11,13H,12H2,1-4H3,(H,21,23)(H,22,24). The first kappa shape index (κ1) is 19.3. The van der Waals surface area contributed by atoms with Crippen molar-refractivity contribution in [3.63, 3.8) is 0 Å². The number of benzene rings is 2. The van der Waals surface area contributed by atoms with Crippen LogP contribution in [0, 0.1) is 5.92 Å². The first-order chi connectivity index (χ1) is 12.4. The Morgan fingerprint density at radius 1 is 1.08 bits per heavy atom. The van der Waals surface area contributed by atoms with Gasteiger partial charge in [-0.1, -0.05) is 19.9 Å². The molecule has 26 heavy (non-hydrogen) atoms. The summed E-state index contributed by atoms with van der Waals surface area (Å²) in [4.78, 5) is 23.8. The lowest BCUT2D eigenvalue weighted by Gasteiger charge is -2.13. The molecule has 0 aliphatic carbocycles. The van der Waals surface area contributed by atoms with Crippen LogP contribution in [0.2, 0.25) is 0 Å². The number of methoxy groups -OCH3 is 1. The zero-order valence-electron chi connectivity index (χ0n) is 15.5. The summed E-state index contributed by atoms with van der Waals surface area (Å²) < 4.78 is 10.9. The maximum atomic E-state index is 12.5. The molecule has 0 atom stereocenters. The number of amides is 2. The second-order valence-corrected chi connectivity index (χ2v) is 6.28. The van der Waals surface area contributed by atoms with Crippen molar-refractivity contribution < 1.29 is 19.1 Å². The third-order valence-corrected chi connectivity index (χ3v) is 3.45. The van der Waals surface area contributed by atoms with E-state index in [1.807, 2.05) is 6.07 Å². The predicted octanol–water partition coefficient (Wildman–Crippen LogP) is 3.94. The molecule has 0 spiro atoms. The Kier molecular flexibility index (Phi) is 6.60. The van der Waals surface area contributed by atoms with Crippen LogP contribution in [0.1, 0.15) is 31.1 Å². The summed E-state index contributed by atoms with van der Waals surface area (Å²) in [6, 6.07) is 12.1. The molecule has 6 nitrogen and oxygen atoms in total. The van der Waals surface area contributed by atoms with Crippen molar-refractivity contribution in [3.8, 4) is 11.5 Å². The average Bonchev–Trinajstić information content (AvgIpc) is 2.60. The number of carbonyl (C=O) groups is 2. The molecule has 0 bridgehead atoms. The molecular weight excluding hydrogens is 332 g/mol. The second-order valence-electron chi connectivity index (χ2n) is 6.28. The van der Waals surface area contributed by atoms with Crippen molar-refractivity contribution in [1.82, 2.24) is 0 Å². The van der Waals surface area contributed by atoms with Crippen LogP contribution < -0.4 is 20.1 Å². The van der Waals surface area contributed by atoms with Crippen LogP contribution in [-0.2, 0) is 4.79 Å². The lowest BCUT2D eigenvalue weighted by molar-refractivity contribution is -0.114. The lowest BCUT2D eigenvalue weighted by atomic mass is 10.2. The number of rotatable bonds is 7. The Morgan fingerprint density at radius 3 is 2.50 bits per heavy atom. The normalized spacial score (nSPS) is 10.3. The third-order valence-electron chi connectivity index (χ3n) is 3.45. The lowest BCUT2D eigenvalue weighted by Crippen LogP contribution is -2.13. The fourth-order valence-electron chi connectivity index (χ4n) is 2.27. The van der Waals surface area contributed by atoms with Gasteiger partial charge in [0.05, 0.1) is 19.4 Å². The molecule has 0 aromatic heterocycles. The van der Waals surface area contributed by atoms with Crippen LogP contribution in [-0.4, -0.2) is 25.5 Å². The number of anilines is 2. The van der Waals surface area contributed by atoms with Crippen molar-refractivity contribution in [3.05, 3.63) is 48.0 Å². The molecule has 0 heterocycles. The van der Waals surface area contributed by atoms with Gasteiger partial charge in [0.15, 0.2) is 0 Å². The number of hydrogen-bond acceptors (Lipinski definition) is 4. The van der Waals surface area contributed by atoms with E-state index in [1.165, 1.54) is 14.0 Å². The highest BCUT2D eigenvalue weighted by molar-refractivity contribution is 6.05. The topological polar surface area (TPSA) is 76.7 Å². The van der Waals surface area contributed by atoms with Gasteiger partial charge in [0.1, 0.15) is 11.5 Å². The van der Waals surface area contributed by atoms with Crippen LogP contribution in [0.25, 0.3) is 0 Å². The minimum atomic E-state index is -0.265. The van der Waals surface area contributed by atoms with Gasteiger partial charge in [-0.3, -0.25) is 9.59 Å². The van der Waals surface area contributed by atoms with Crippen LogP contribution in [0.5, 0.6) is 11.5 Å². The summed E-state index contributed by atoms with van der Waals surface area (Å²) in [5, 5.41) is 5.49. The minimum absolute atomic E-state index is 0.221. The summed E-state index contributed by atoms with van der Waals surface area (Å²) >= 11 is 0. The highest BCUT2D eigenvalue weighted by Gasteiger charge is 2.11. The minimum Gasteiger partial charge on any atom is -0.495 e. The molecule has 2 rings (SSSR count). The molecule has 0 saturated carbocycles. The van der Waals surface area contributed by atoms with E-state index in [9.17, 15) is 9.59 Å². The molecule has 138 valence electrons. The molecule has 6 heteroatoms. The number of nitrogens with one attached hydrogen (secondary N) is 2. The molecular formula is C20H24N2O4. The quantitative estimate of drug-likeness (QED) is 0.788. The van der Waals surface area contributed by atoms with E-state index in [0.29, 0.717) is 41.0 Å². The molecule has 2 aromatic rings. The summed E-state index contributed by atoms with van der Waals surface area (Å²) in [7, 11) is 1.52. The molecule has 0 radical (unpaired) electrons. The van der Waals surface area contributed by atoms with E-state index in [1.54, 1.807) is 36.4 Å². The van der Waals surface area contributed by atoms with Gasteiger partial charge >= 0.3 is 0 Å². The molecule has 0 fully saturated rings. The molecule has 0 aliphatic rings. The van der Waals surface area contributed by atoms with E-state index in [2.05, 4.69) is 24.5 Å². The van der Waals surface area contributed by atoms with Gasteiger partial charge in [-0.2, -0.15) is 0 Å². The molecule has 2 aromatic carbocycles. The molecule has 0 saturated heterocycles. The first-order valence-corrected chi connectivity index (χ1v) is 8.39. The van der Waals surface area contributed by atoms with E-state index >= 15 is 0 Å². The zero-order valence-corrected chi connectivity index (χ0v) is 15.5. The Labute approximate surface area is 153 Å². The molecule has 0 unspecified atom stereocenters. The maximum absolute atomic E-state index is 12.5. The third kappa shape index (κ3) is 5.51. The highest BCUT2D eigenvalue weighted by Crippen LogP contribution is 2.28. The summed E-state index contributed by atoms with van der Waals surface area (Å²) in [6.45, 7) is 6.12. The summed E-state index contributed by atoms with van der Waals surface area (Å²) in [5.74, 6) is 1.09. The molecule has 0 aliphatic heterocycles. The van der Waals surface area contributed by atoms with Crippen molar-refractivity contribution in [2.24, 2.45) is 5.92 Å². The smallest absolute Gasteiger partial charge is 0.255 e. The summed E-state index contributed by atoms with van der Waals surface area (Å²) in [6.07, 6.45) is 0. The van der Waals surface area contributed by atoms with Crippen LogP contribution in [0.4, 0.5) is 11.4 Å². The van der Waals surface area contributed by atoms with E-state index < -0.39 is 0 Å². The van der Waals surface area contributed by atoms with Gasteiger partial charge in [-0.05, 0) is 42.3 Å². The Balaban J connectivity index is 2.14. The number of hydrogen-bond donors (Lipinski definition) is 2. The van der Waals surface area contributed by atoms with Crippen molar-refractivity contribution in [1.29, 1.82) is 0 Å². The first-order valence-electron chi connectivity index (χ1n) is 8.39. The fourth-order valence-corrected chi connectivity index (χ4v) is 2.27. The Morgan fingerprint density at radius 2 is 1.85 bits per heavy atom. The molecule has 2 amide bonds. The van der Waals surface area contributed by atoms with Gasteiger partial charge in [-0.25, -0.2) is 0 Å². The van der Waals surface area contributed by atoms with Crippen molar-refractivity contribution in [2.75, 3.05) is 24.4 Å². The SMILES string of the molecule is COc1ccc(NC(=O)c2cccc(OCC(C)C)c2)cc1NC(C)=O. The van der Waals surface area contributed by atoms with E-state index in [4.69, 9.17) is 9.47 Å².